The highest BCUT2D eigenvalue weighted by atomic mass is 35.5. The van der Waals surface area contributed by atoms with Gasteiger partial charge in [0.2, 0.25) is 0 Å². The van der Waals surface area contributed by atoms with Crippen LogP contribution in [0.15, 0.2) is 18.3 Å². The number of nitrogens with zero attached hydrogens (tertiary/aromatic N) is 1. The summed E-state index contributed by atoms with van der Waals surface area (Å²) < 4.78 is 0. The summed E-state index contributed by atoms with van der Waals surface area (Å²) in [7, 11) is 3.36. The molecule has 1 aromatic rings. The summed E-state index contributed by atoms with van der Waals surface area (Å²) in [6.45, 7) is 2.50. The van der Waals surface area contributed by atoms with Crippen LogP contribution in [0.2, 0.25) is 0 Å². The number of halogens is 1. The van der Waals surface area contributed by atoms with E-state index in [9.17, 15) is 9.59 Å². The van der Waals surface area contributed by atoms with Crippen LogP contribution in [0.4, 0.5) is 0 Å². The van der Waals surface area contributed by atoms with Crippen LogP contribution in [0.1, 0.15) is 27.8 Å². The van der Waals surface area contributed by atoms with Crippen molar-refractivity contribution in [3.05, 3.63) is 29.6 Å². The summed E-state index contributed by atoms with van der Waals surface area (Å²) in [6.07, 6.45) is 1.39. The highest BCUT2D eigenvalue weighted by molar-refractivity contribution is 5.96. The molecule has 106 valence electrons. The van der Waals surface area contributed by atoms with Crippen molar-refractivity contribution in [2.75, 3.05) is 20.6 Å². The number of likely N-dealkylation sites (N-methyl/N-ethyl adjacent to an activating group) is 1. The molecule has 0 spiro atoms. The predicted molar refractivity (Wildman–Crippen MR) is 75.7 cm³/mol. The van der Waals surface area contributed by atoms with Crippen LogP contribution in [0.25, 0.3) is 0 Å². The Balaban J connectivity index is 0.00000324. The first kappa shape index (κ1) is 17.3. The quantitative estimate of drug-likeness (QED) is 0.722. The van der Waals surface area contributed by atoms with Crippen molar-refractivity contribution in [3.63, 3.8) is 0 Å². The Morgan fingerprint density at radius 2 is 1.95 bits per heavy atom. The molecule has 1 rings (SSSR count). The van der Waals surface area contributed by atoms with Crippen LogP contribution in [0.5, 0.6) is 0 Å². The molecule has 0 bridgehead atoms. The molecule has 0 fully saturated rings. The maximum Gasteiger partial charge on any atom is 0.269 e. The first-order valence-corrected chi connectivity index (χ1v) is 5.72. The monoisotopic (exact) mass is 286 g/mol. The van der Waals surface area contributed by atoms with Crippen molar-refractivity contribution in [3.8, 4) is 0 Å². The van der Waals surface area contributed by atoms with E-state index in [-0.39, 0.29) is 36.0 Å². The van der Waals surface area contributed by atoms with E-state index < -0.39 is 0 Å². The standard InChI is InChI=1S/C12H18N4O2.ClH/c1-8(13-2)6-16-11(17)9-4-5-10(15-7-9)12(18)14-3;/h4-5,7-8,13H,6H2,1-3H3,(H,14,18)(H,16,17);1H. The number of hydrogen-bond acceptors (Lipinski definition) is 4. The van der Waals surface area contributed by atoms with E-state index in [0.717, 1.165) is 0 Å². The number of aromatic nitrogens is 1. The molecule has 3 N–H and O–H groups in total. The molecule has 6 nitrogen and oxygen atoms in total. The van der Waals surface area contributed by atoms with Gasteiger partial charge in [0, 0.05) is 25.8 Å². The van der Waals surface area contributed by atoms with Crippen LogP contribution in [0, 0.1) is 0 Å². The molecule has 2 amide bonds. The van der Waals surface area contributed by atoms with Crippen LogP contribution >= 0.6 is 12.4 Å². The molecule has 7 heteroatoms. The Labute approximate surface area is 118 Å². The molecule has 0 radical (unpaired) electrons. The Bertz CT molecular complexity index is 422. The number of amides is 2. The number of rotatable bonds is 5. The van der Waals surface area contributed by atoms with E-state index in [1.54, 1.807) is 6.07 Å². The van der Waals surface area contributed by atoms with Crippen LogP contribution < -0.4 is 16.0 Å². The van der Waals surface area contributed by atoms with Crippen molar-refractivity contribution in [1.29, 1.82) is 0 Å². The number of carbonyl (C=O) groups is 2. The maximum absolute atomic E-state index is 11.7. The van der Waals surface area contributed by atoms with Gasteiger partial charge >= 0.3 is 0 Å². The van der Waals surface area contributed by atoms with Gasteiger partial charge in [-0.05, 0) is 26.1 Å². The number of pyridine rings is 1. The van der Waals surface area contributed by atoms with Gasteiger partial charge in [0.1, 0.15) is 5.69 Å². The molecule has 0 saturated carbocycles. The fourth-order valence-electron chi connectivity index (χ4n) is 1.24. The Kier molecular flexibility index (Phi) is 7.71. The predicted octanol–water partition coefficient (Wildman–Crippen LogP) is 0.201. The number of hydrogen-bond donors (Lipinski definition) is 3. The third-order valence-corrected chi connectivity index (χ3v) is 2.55. The second-order valence-electron chi connectivity index (χ2n) is 3.91. The van der Waals surface area contributed by atoms with Gasteiger partial charge in [-0.25, -0.2) is 0 Å². The molecule has 19 heavy (non-hydrogen) atoms. The van der Waals surface area contributed by atoms with Crippen molar-refractivity contribution in [2.24, 2.45) is 0 Å². The second-order valence-corrected chi connectivity index (χ2v) is 3.91. The van der Waals surface area contributed by atoms with E-state index in [0.29, 0.717) is 12.1 Å². The van der Waals surface area contributed by atoms with E-state index >= 15 is 0 Å². The van der Waals surface area contributed by atoms with E-state index in [2.05, 4.69) is 20.9 Å². The minimum absolute atomic E-state index is 0. The number of carbonyl (C=O) groups excluding carboxylic acids is 2. The molecule has 0 aliphatic carbocycles. The summed E-state index contributed by atoms with van der Waals surface area (Å²) in [5.41, 5.74) is 0.726. The van der Waals surface area contributed by atoms with E-state index in [1.807, 2.05) is 14.0 Å². The fourth-order valence-corrected chi connectivity index (χ4v) is 1.24. The molecule has 1 unspecified atom stereocenters. The maximum atomic E-state index is 11.7. The zero-order valence-corrected chi connectivity index (χ0v) is 12.0. The normalized spacial score (nSPS) is 11.1. The summed E-state index contributed by atoms with van der Waals surface area (Å²) in [4.78, 5) is 26.9. The minimum atomic E-state index is -0.272. The Morgan fingerprint density at radius 3 is 2.42 bits per heavy atom. The average Bonchev–Trinajstić information content (AvgIpc) is 2.43. The zero-order chi connectivity index (χ0) is 13.5. The molecule has 1 aromatic heterocycles. The SMILES string of the molecule is CNC(=O)c1ccc(C(=O)NCC(C)NC)cn1.Cl. The van der Waals surface area contributed by atoms with Crippen molar-refractivity contribution >= 4 is 24.2 Å². The third-order valence-electron chi connectivity index (χ3n) is 2.55. The van der Waals surface area contributed by atoms with Gasteiger partial charge in [0.05, 0.1) is 5.56 Å². The van der Waals surface area contributed by atoms with Gasteiger partial charge in [0.15, 0.2) is 0 Å². The van der Waals surface area contributed by atoms with E-state index in [4.69, 9.17) is 0 Å². The van der Waals surface area contributed by atoms with Crippen LogP contribution in [0.3, 0.4) is 0 Å². The lowest BCUT2D eigenvalue weighted by Crippen LogP contribution is -2.37. The highest BCUT2D eigenvalue weighted by Crippen LogP contribution is 2.00. The summed E-state index contributed by atoms with van der Waals surface area (Å²) in [6, 6.07) is 3.30. The third kappa shape index (κ3) is 5.23. The fraction of sp³-hybridized carbons (Fsp3) is 0.417. The van der Waals surface area contributed by atoms with Gasteiger partial charge in [0.25, 0.3) is 11.8 Å². The molecule has 0 aromatic carbocycles. The molecule has 0 aliphatic rings. The van der Waals surface area contributed by atoms with Gasteiger partial charge in [-0.15, -0.1) is 12.4 Å². The molecule has 1 heterocycles. The topological polar surface area (TPSA) is 83.1 Å². The zero-order valence-electron chi connectivity index (χ0n) is 11.2. The van der Waals surface area contributed by atoms with Crippen molar-refractivity contribution in [1.82, 2.24) is 20.9 Å². The molecular formula is C12H19ClN4O2. The van der Waals surface area contributed by atoms with Crippen LogP contribution in [-0.4, -0.2) is 43.5 Å². The summed E-state index contributed by atoms with van der Waals surface area (Å²) >= 11 is 0. The first-order valence-electron chi connectivity index (χ1n) is 5.72. The highest BCUT2D eigenvalue weighted by Gasteiger charge is 2.09. The minimum Gasteiger partial charge on any atom is -0.354 e. The van der Waals surface area contributed by atoms with Gasteiger partial charge in [-0.1, -0.05) is 0 Å². The molecule has 1 atom stereocenters. The lowest BCUT2D eigenvalue weighted by molar-refractivity contribution is 0.0940. The Morgan fingerprint density at radius 1 is 1.26 bits per heavy atom. The average molecular weight is 287 g/mol. The number of nitrogens with one attached hydrogen (secondary N) is 3. The van der Waals surface area contributed by atoms with Crippen molar-refractivity contribution < 1.29 is 9.59 Å². The molecule has 0 aliphatic heterocycles. The van der Waals surface area contributed by atoms with Gasteiger partial charge < -0.3 is 16.0 Å². The second kappa shape index (κ2) is 8.44. The first-order chi connectivity index (χ1) is 8.58. The van der Waals surface area contributed by atoms with Crippen LogP contribution in [-0.2, 0) is 0 Å². The Hall–Kier alpha value is -1.66. The lowest BCUT2D eigenvalue weighted by atomic mass is 10.2. The van der Waals surface area contributed by atoms with E-state index in [1.165, 1.54) is 19.3 Å². The van der Waals surface area contributed by atoms with Crippen molar-refractivity contribution in [2.45, 2.75) is 13.0 Å². The lowest BCUT2D eigenvalue weighted by Gasteiger charge is -2.11. The summed E-state index contributed by atoms with van der Waals surface area (Å²) in [5, 5.41) is 8.26. The van der Waals surface area contributed by atoms with Gasteiger partial charge in [-0.3, -0.25) is 14.6 Å². The smallest absolute Gasteiger partial charge is 0.269 e. The van der Waals surface area contributed by atoms with Gasteiger partial charge in [-0.2, -0.15) is 0 Å². The largest absolute Gasteiger partial charge is 0.354 e. The molecule has 0 saturated heterocycles. The summed E-state index contributed by atoms with van der Waals surface area (Å²) in [5.74, 6) is -0.473. The molecular weight excluding hydrogens is 268 g/mol.